The summed E-state index contributed by atoms with van der Waals surface area (Å²) in [5, 5.41) is 2.47. The first-order valence-corrected chi connectivity index (χ1v) is 8.14. The normalized spacial score (nSPS) is 30.1. The van der Waals surface area contributed by atoms with Crippen LogP contribution < -0.4 is 5.32 Å². The van der Waals surface area contributed by atoms with Crippen LogP contribution in [0.3, 0.4) is 0 Å². The van der Waals surface area contributed by atoms with Crippen LogP contribution in [-0.2, 0) is 14.4 Å². The van der Waals surface area contributed by atoms with E-state index in [1.807, 2.05) is 12.2 Å². The van der Waals surface area contributed by atoms with Gasteiger partial charge in [-0.1, -0.05) is 24.3 Å². The van der Waals surface area contributed by atoms with E-state index in [0.29, 0.717) is 0 Å². The molecule has 4 rings (SSSR count). The first-order chi connectivity index (χ1) is 11.6. The zero-order valence-corrected chi connectivity index (χ0v) is 12.9. The zero-order valence-electron chi connectivity index (χ0n) is 12.9. The van der Waals surface area contributed by atoms with Crippen molar-refractivity contribution in [1.29, 1.82) is 0 Å². The van der Waals surface area contributed by atoms with E-state index in [-0.39, 0.29) is 54.1 Å². The molecule has 2 bridgehead atoms. The first-order valence-electron chi connectivity index (χ1n) is 8.14. The fourth-order valence-corrected chi connectivity index (χ4v) is 4.17. The number of amides is 3. The molecule has 0 aromatic heterocycles. The Morgan fingerprint density at radius 3 is 2.38 bits per heavy atom. The van der Waals surface area contributed by atoms with Gasteiger partial charge in [-0.2, -0.15) is 0 Å². The van der Waals surface area contributed by atoms with Crippen molar-refractivity contribution < 1.29 is 18.8 Å². The molecule has 0 spiro atoms. The lowest BCUT2D eigenvalue weighted by Crippen LogP contribution is -2.35. The molecule has 6 heteroatoms. The largest absolute Gasteiger partial charge is 0.324 e. The molecular weight excluding hydrogens is 311 g/mol. The van der Waals surface area contributed by atoms with Gasteiger partial charge in [-0.25, -0.2) is 4.39 Å². The summed E-state index contributed by atoms with van der Waals surface area (Å²) in [6, 6.07) is 5.88. The summed E-state index contributed by atoms with van der Waals surface area (Å²) in [4.78, 5) is 38.2. The maximum atomic E-state index is 13.5. The molecule has 3 aliphatic rings. The number of likely N-dealkylation sites (tertiary alicyclic amines) is 1. The van der Waals surface area contributed by atoms with Gasteiger partial charge in [-0.3, -0.25) is 19.3 Å². The number of nitrogens with zero attached hydrogens (tertiary/aromatic N) is 1. The number of rotatable bonds is 4. The van der Waals surface area contributed by atoms with Crippen molar-refractivity contribution in [1.82, 2.24) is 4.90 Å². The molecule has 1 aliphatic heterocycles. The number of halogens is 1. The third kappa shape index (κ3) is 2.25. The standard InChI is InChI=1S/C18H17FN2O3/c19-12-3-1-2-4-13(12)20-14(22)7-8-21-17(23)15-10-5-6-11(9-10)16(15)18(21)24/h1-6,10-11,15-16H,7-9H2,(H,20,22)/t10-,11-,15-,16+/m0/s1. The molecule has 1 aromatic rings. The Hall–Kier alpha value is -2.50. The van der Waals surface area contributed by atoms with E-state index >= 15 is 0 Å². The van der Waals surface area contributed by atoms with Gasteiger partial charge in [0.05, 0.1) is 17.5 Å². The highest BCUT2D eigenvalue weighted by molar-refractivity contribution is 6.06. The summed E-state index contributed by atoms with van der Waals surface area (Å²) in [6.45, 7) is 0.0460. The third-order valence-electron chi connectivity index (χ3n) is 5.27. The molecule has 1 aromatic carbocycles. The second-order valence-electron chi connectivity index (χ2n) is 6.61. The van der Waals surface area contributed by atoms with Gasteiger partial charge < -0.3 is 5.32 Å². The summed E-state index contributed by atoms with van der Waals surface area (Å²) >= 11 is 0. The van der Waals surface area contributed by atoms with Gasteiger partial charge in [0, 0.05) is 13.0 Å². The maximum absolute atomic E-state index is 13.5. The Balaban J connectivity index is 1.38. The van der Waals surface area contributed by atoms with Crippen LogP contribution in [0.2, 0.25) is 0 Å². The highest BCUT2D eigenvalue weighted by atomic mass is 19.1. The molecule has 2 fully saturated rings. The van der Waals surface area contributed by atoms with Crippen LogP contribution in [-0.4, -0.2) is 29.2 Å². The minimum absolute atomic E-state index is 0.0337. The third-order valence-corrected chi connectivity index (χ3v) is 5.27. The number of hydrogen-bond acceptors (Lipinski definition) is 3. The van der Waals surface area contributed by atoms with Crippen LogP contribution in [0.25, 0.3) is 0 Å². The number of benzene rings is 1. The van der Waals surface area contributed by atoms with Gasteiger partial charge >= 0.3 is 0 Å². The maximum Gasteiger partial charge on any atom is 0.233 e. The highest BCUT2D eigenvalue weighted by Crippen LogP contribution is 2.52. The summed E-state index contributed by atoms with van der Waals surface area (Å²) < 4.78 is 13.5. The fraction of sp³-hybridized carbons (Fsp3) is 0.389. The second-order valence-corrected chi connectivity index (χ2v) is 6.61. The van der Waals surface area contributed by atoms with Gasteiger partial charge in [0.25, 0.3) is 0 Å². The summed E-state index contributed by atoms with van der Waals surface area (Å²) in [5.74, 6) is -1.44. The van der Waals surface area contributed by atoms with Gasteiger partial charge in [0.15, 0.2) is 0 Å². The molecule has 0 unspecified atom stereocenters. The van der Waals surface area contributed by atoms with Gasteiger partial charge in [-0.15, -0.1) is 0 Å². The van der Waals surface area contributed by atoms with E-state index in [4.69, 9.17) is 0 Å². The van der Waals surface area contributed by atoms with E-state index in [1.165, 1.54) is 23.1 Å². The fourth-order valence-electron chi connectivity index (χ4n) is 4.17. The Bertz CT molecular complexity index is 730. The summed E-state index contributed by atoms with van der Waals surface area (Å²) in [6.07, 6.45) is 4.92. The number of carbonyl (C=O) groups excluding carboxylic acids is 3. The van der Waals surface area contributed by atoms with Crippen LogP contribution in [0.4, 0.5) is 10.1 Å². The van der Waals surface area contributed by atoms with Crippen LogP contribution in [0, 0.1) is 29.5 Å². The molecule has 5 nitrogen and oxygen atoms in total. The van der Waals surface area contributed by atoms with Crippen molar-refractivity contribution in [2.75, 3.05) is 11.9 Å². The molecule has 2 aliphatic carbocycles. The molecular formula is C18H17FN2O3. The summed E-state index contributed by atoms with van der Waals surface area (Å²) in [7, 11) is 0. The molecule has 1 N–H and O–H groups in total. The highest BCUT2D eigenvalue weighted by Gasteiger charge is 2.58. The molecule has 124 valence electrons. The number of fused-ring (bicyclic) bond motifs is 5. The van der Waals surface area contributed by atoms with E-state index in [2.05, 4.69) is 5.32 Å². The molecule has 1 saturated heterocycles. The van der Waals surface area contributed by atoms with Gasteiger partial charge in [0.2, 0.25) is 17.7 Å². The van der Waals surface area contributed by atoms with E-state index in [0.717, 1.165) is 6.42 Å². The number of carbonyl (C=O) groups is 3. The predicted molar refractivity (Wildman–Crippen MR) is 84.1 cm³/mol. The van der Waals surface area contributed by atoms with Crippen molar-refractivity contribution in [3.05, 3.63) is 42.2 Å². The average Bonchev–Trinajstić information content (AvgIpc) is 3.23. The van der Waals surface area contributed by atoms with E-state index in [9.17, 15) is 18.8 Å². The topological polar surface area (TPSA) is 66.5 Å². The molecule has 0 radical (unpaired) electrons. The SMILES string of the molecule is O=C(CCN1C(=O)[C@@H]2[C@H](C1=O)[C@H]1C=C[C@H]2C1)Nc1ccccc1F. The molecule has 3 amide bonds. The average molecular weight is 328 g/mol. The Labute approximate surface area is 138 Å². The minimum Gasteiger partial charge on any atom is -0.324 e. The van der Waals surface area contributed by atoms with Crippen molar-refractivity contribution in [3.8, 4) is 0 Å². The van der Waals surface area contributed by atoms with Crippen LogP contribution >= 0.6 is 0 Å². The van der Waals surface area contributed by atoms with Crippen LogP contribution in [0.5, 0.6) is 0 Å². The second kappa shape index (κ2) is 5.54. The first kappa shape index (κ1) is 15.1. The van der Waals surface area contributed by atoms with E-state index < -0.39 is 11.7 Å². The lowest BCUT2D eigenvalue weighted by atomic mass is 9.85. The lowest BCUT2D eigenvalue weighted by molar-refractivity contribution is -0.140. The van der Waals surface area contributed by atoms with Gasteiger partial charge in [-0.05, 0) is 30.4 Å². The quantitative estimate of drug-likeness (QED) is 0.679. The summed E-state index contributed by atoms with van der Waals surface area (Å²) in [5.41, 5.74) is 0.0979. The number of hydrogen-bond donors (Lipinski definition) is 1. The zero-order chi connectivity index (χ0) is 16.8. The van der Waals surface area contributed by atoms with Crippen LogP contribution in [0.15, 0.2) is 36.4 Å². The molecule has 24 heavy (non-hydrogen) atoms. The Morgan fingerprint density at radius 2 is 1.75 bits per heavy atom. The van der Waals surface area contributed by atoms with Crippen molar-refractivity contribution in [2.45, 2.75) is 12.8 Å². The Kier molecular flexibility index (Phi) is 3.48. The van der Waals surface area contributed by atoms with Crippen molar-refractivity contribution in [3.63, 3.8) is 0 Å². The number of imide groups is 1. The molecule has 1 heterocycles. The smallest absolute Gasteiger partial charge is 0.233 e. The van der Waals surface area contributed by atoms with Gasteiger partial charge in [0.1, 0.15) is 5.82 Å². The predicted octanol–water partition coefficient (Wildman–Crippen LogP) is 1.96. The molecule has 1 saturated carbocycles. The number of para-hydroxylation sites is 1. The number of anilines is 1. The van der Waals surface area contributed by atoms with E-state index in [1.54, 1.807) is 6.07 Å². The Morgan fingerprint density at radius 1 is 1.12 bits per heavy atom. The monoisotopic (exact) mass is 328 g/mol. The minimum atomic E-state index is -0.517. The molecule has 4 atom stereocenters. The van der Waals surface area contributed by atoms with Crippen molar-refractivity contribution in [2.24, 2.45) is 23.7 Å². The number of allylic oxidation sites excluding steroid dienone is 2. The lowest BCUT2D eigenvalue weighted by Gasteiger charge is -2.17. The number of nitrogens with one attached hydrogen (secondary N) is 1. The van der Waals surface area contributed by atoms with Crippen molar-refractivity contribution >= 4 is 23.4 Å². The van der Waals surface area contributed by atoms with Crippen LogP contribution in [0.1, 0.15) is 12.8 Å².